The van der Waals surface area contributed by atoms with Gasteiger partial charge in [0.1, 0.15) is 5.82 Å². The third-order valence-electron chi connectivity index (χ3n) is 3.55. The molecule has 126 valence electrons. The third kappa shape index (κ3) is 3.53. The number of fused-ring (bicyclic) bond motifs is 1. The first kappa shape index (κ1) is 15.9. The van der Waals surface area contributed by atoms with Gasteiger partial charge in [-0.2, -0.15) is 22.7 Å². The molecule has 1 aliphatic heterocycles. The molecule has 23 heavy (non-hydrogen) atoms. The van der Waals surface area contributed by atoms with Crippen LogP contribution in [0.3, 0.4) is 0 Å². The van der Waals surface area contributed by atoms with E-state index in [1.54, 1.807) is 13.0 Å². The maximum Gasteiger partial charge on any atom is 0.453 e. The Balaban J connectivity index is 1.83. The highest BCUT2D eigenvalue weighted by Gasteiger charge is 2.36. The number of nitrogens with one attached hydrogen (secondary N) is 1. The van der Waals surface area contributed by atoms with Crippen LogP contribution in [0, 0.1) is 6.92 Å². The summed E-state index contributed by atoms with van der Waals surface area (Å²) in [5.74, 6) is -0.874. The predicted octanol–water partition coefficient (Wildman–Crippen LogP) is 1.19. The minimum absolute atomic E-state index is 0.0390. The van der Waals surface area contributed by atoms with Gasteiger partial charge in [0, 0.05) is 31.4 Å². The molecule has 0 radical (unpaired) electrons. The lowest BCUT2D eigenvalue weighted by atomic mass is 10.3. The molecule has 1 N–H and O–H groups in total. The molecule has 10 heteroatoms. The quantitative estimate of drug-likeness (QED) is 0.912. The van der Waals surface area contributed by atoms with Gasteiger partial charge in [-0.15, -0.1) is 5.10 Å². The summed E-state index contributed by atoms with van der Waals surface area (Å²) < 4.78 is 45.0. The Kier molecular flexibility index (Phi) is 4.11. The number of aryl methyl sites for hydroxylation is 1. The van der Waals surface area contributed by atoms with E-state index in [4.69, 9.17) is 4.74 Å². The Labute approximate surface area is 130 Å². The number of alkyl halides is 3. The summed E-state index contributed by atoms with van der Waals surface area (Å²) in [6.45, 7) is 4.41. The zero-order chi connectivity index (χ0) is 16.6. The van der Waals surface area contributed by atoms with E-state index in [-0.39, 0.29) is 11.9 Å². The van der Waals surface area contributed by atoms with Gasteiger partial charge in [0.15, 0.2) is 0 Å². The maximum absolute atomic E-state index is 12.8. The van der Waals surface area contributed by atoms with Crippen LogP contribution in [0.5, 0.6) is 0 Å². The van der Waals surface area contributed by atoms with Crippen LogP contribution in [-0.2, 0) is 10.9 Å². The summed E-state index contributed by atoms with van der Waals surface area (Å²) in [5, 5.41) is 6.59. The van der Waals surface area contributed by atoms with E-state index in [2.05, 4.69) is 25.3 Å². The molecule has 1 saturated heterocycles. The molecule has 2 aromatic heterocycles. The van der Waals surface area contributed by atoms with Gasteiger partial charge in [-0.1, -0.05) is 0 Å². The number of nitrogens with zero attached hydrogens (tertiary/aromatic N) is 5. The summed E-state index contributed by atoms with van der Waals surface area (Å²) in [7, 11) is 2.00. The number of morpholine rings is 1. The van der Waals surface area contributed by atoms with Crippen molar-refractivity contribution >= 4 is 11.6 Å². The second kappa shape index (κ2) is 5.93. The van der Waals surface area contributed by atoms with Gasteiger partial charge in [-0.3, -0.25) is 0 Å². The van der Waals surface area contributed by atoms with E-state index in [9.17, 15) is 13.2 Å². The lowest BCUT2D eigenvalue weighted by molar-refractivity contribution is -0.144. The van der Waals surface area contributed by atoms with E-state index in [1.807, 2.05) is 7.05 Å². The highest BCUT2D eigenvalue weighted by atomic mass is 19.4. The van der Waals surface area contributed by atoms with Gasteiger partial charge < -0.3 is 15.0 Å². The van der Waals surface area contributed by atoms with Gasteiger partial charge in [0.05, 0.1) is 12.7 Å². The third-order valence-corrected chi connectivity index (χ3v) is 3.55. The molecule has 7 nitrogen and oxygen atoms in total. The van der Waals surface area contributed by atoms with Crippen LogP contribution in [0.2, 0.25) is 0 Å². The largest absolute Gasteiger partial charge is 0.453 e. The van der Waals surface area contributed by atoms with Gasteiger partial charge in [-0.25, -0.2) is 4.98 Å². The normalized spacial score (nSPS) is 20.1. The van der Waals surface area contributed by atoms with E-state index < -0.39 is 12.0 Å². The van der Waals surface area contributed by atoms with Crippen LogP contribution >= 0.6 is 0 Å². The van der Waals surface area contributed by atoms with E-state index in [0.29, 0.717) is 24.7 Å². The zero-order valence-electron chi connectivity index (χ0n) is 12.8. The average Bonchev–Trinajstić information content (AvgIpc) is 2.88. The molecule has 1 aliphatic rings. The molecule has 1 fully saturated rings. The number of hydrogen-bond donors (Lipinski definition) is 1. The Bertz CT molecular complexity index is 701. The molecule has 0 unspecified atom stereocenters. The zero-order valence-corrected chi connectivity index (χ0v) is 12.8. The molecular weight excluding hydrogens is 313 g/mol. The number of aromatic nitrogens is 4. The fraction of sp³-hybridized carbons (Fsp3) is 0.615. The van der Waals surface area contributed by atoms with E-state index in [1.165, 1.54) is 0 Å². The standard InChI is InChI=1S/C13H17F3N6O/c1-8-5-10(17-6-9-7-21(2)3-4-23-9)22-12(18-8)19-11(20-22)13(14,15)16/h5,9,17H,3-4,6-7H2,1-2H3/t9-/m0/s1. The molecule has 0 bridgehead atoms. The first-order valence-electron chi connectivity index (χ1n) is 7.18. The Morgan fingerprint density at radius 2 is 2.17 bits per heavy atom. The fourth-order valence-corrected chi connectivity index (χ4v) is 2.44. The highest BCUT2D eigenvalue weighted by molar-refractivity contribution is 5.45. The number of halogens is 3. The maximum atomic E-state index is 12.8. The van der Waals surface area contributed by atoms with Crippen molar-refractivity contribution < 1.29 is 17.9 Å². The minimum Gasteiger partial charge on any atom is -0.374 e. The second-order valence-electron chi connectivity index (χ2n) is 5.56. The topological polar surface area (TPSA) is 67.6 Å². The van der Waals surface area contributed by atoms with Gasteiger partial charge in [0.2, 0.25) is 0 Å². The number of anilines is 1. The summed E-state index contributed by atoms with van der Waals surface area (Å²) in [6, 6.07) is 1.63. The number of rotatable bonds is 3. The number of ether oxygens (including phenoxy) is 1. The fourth-order valence-electron chi connectivity index (χ4n) is 2.44. The van der Waals surface area contributed by atoms with Crippen molar-refractivity contribution in [3.8, 4) is 0 Å². The molecule has 0 amide bonds. The minimum atomic E-state index is -4.60. The number of likely N-dealkylation sites (N-methyl/N-ethyl adjacent to an activating group) is 1. The summed E-state index contributed by atoms with van der Waals surface area (Å²) >= 11 is 0. The van der Waals surface area contributed by atoms with Crippen molar-refractivity contribution in [2.75, 3.05) is 38.6 Å². The monoisotopic (exact) mass is 330 g/mol. The van der Waals surface area contributed by atoms with Crippen LogP contribution in [0.1, 0.15) is 11.5 Å². The number of hydrogen-bond acceptors (Lipinski definition) is 6. The first-order chi connectivity index (χ1) is 10.8. The Morgan fingerprint density at radius 1 is 1.39 bits per heavy atom. The lowest BCUT2D eigenvalue weighted by Gasteiger charge is -2.30. The molecule has 1 atom stereocenters. The SMILES string of the molecule is Cc1cc(NC[C@H]2CN(C)CCO2)n2nc(C(F)(F)F)nc2n1. The molecule has 0 spiro atoms. The predicted molar refractivity (Wildman–Crippen MR) is 76.2 cm³/mol. The molecule has 0 aromatic carbocycles. The van der Waals surface area contributed by atoms with E-state index >= 15 is 0 Å². The van der Waals surface area contributed by atoms with Crippen LogP contribution < -0.4 is 5.32 Å². The van der Waals surface area contributed by atoms with Crippen LogP contribution in [0.25, 0.3) is 5.78 Å². The Hall–Kier alpha value is -1.94. The second-order valence-corrected chi connectivity index (χ2v) is 5.56. The lowest BCUT2D eigenvalue weighted by Crippen LogP contribution is -2.43. The van der Waals surface area contributed by atoms with Gasteiger partial charge in [0.25, 0.3) is 11.6 Å². The van der Waals surface area contributed by atoms with Crippen molar-refractivity contribution in [1.82, 2.24) is 24.5 Å². The smallest absolute Gasteiger partial charge is 0.374 e. The van der Waals surface area contributed by atoms with Crippen LogP contribution in [0.15, 0.2) is 6.07 Å². The summed E-state index contributed by atoms with van der Waals surface area (Å²) in [6.07, 6.45) is -4.64. The summed E-state index contributed by atoms with van der Waals surface area (Å²) in [5.41, 5.74) is 0.558. The van der Waals surface area contributed by atoms with Gasteiger partial charge >= 0.3 is 6.18 Å². The summed E-state index contributed by atoms with van der Waals surface area (Å²) in [4.78, 5) is 9.58. The highest BCUT2D eigenvalue weighted by Crippen LogP contribution is 2.27. The van der Waals surface area contributed by atoms with Crippen molar-refractivity contribution in [3.63, 3.8) is 0 Å². The molecule has 0 saturated carbocycles. The average molecular weight is 330 g/mol. The van der Waals surface area contributed by atoms with Crippen molar-refractivity contribution in [3.05, 3.63) is 17.6 Å². The van der Waals surface area contributed by atoms with Crippen molar-refractivity contribution in [2.45, 2.75) is 19.2 Å². The van der Waals surface area contributed by atoms with Crippen LogP contribution in [0.4, 0.5) is 19.0 Å². The van der Waals surface area contributed by atoms with Crippen LogP contribution in [-0.4, -0.2) is 63.9 Å². The molecule has 0 aliphatic carbocycles. The van der Waals surface area contributed by atoms with Crippen molar-refractivity contribution in [1.29, 1.82) is 0 Å². The Morgan fingerprint density at radius 3 is 2.87 bits per heavy atom. The molecule has 2 aromatic rings. The molecule has 3 heterocycles. The molecule has 3 rings (SSSR count). The van der Waals surface area contributed by atoms with Crippen molar-refractivity contribution in [2.24, 2.45) is 0 Å². The molecular formula is C13H17F3N6O. The van der Waals surface area contributed by atoms with Gasteiger partial charge in [-0.05, 0) is 14.0 Å². The van der Waals surface area contributed by atoms with E-state index in [0.717, 1.165) is 17.6 Å². The first-order valence-corrected chi connectivity index (χ1v) is 7.18.